The Morgan fingerprint density at radius 2 is 1.19 bits per heavy atom. The molecule has 2 amide bonds. The van der Waals surface area contributed by atoms with Crippen molar-refractivity contribution >= 4 is 35.4 Å². The molecule has 5 rings (SSSR count). The maximum atomic E-state index is 13.5. The number of benzene rings is 5. The van der Waals surface area contributed by atoms with Crippen LogP contribution in [0.3, 0.4) is 0 Å². The van der Waals surface area contributed by atoms with E-state index in [-0.39, 0.29) is 11.5 Å². The zero-order valence-corrected chi connectivity index (χ0v) is 26.7. The molecule has 0 unspecified atom stereocenters. The van der Waals surface area contributed by atoms with Gasteiger partial charge in [0.15, 0.2) is 17.3 Å². The molecule has 0 fully saturated rings. The Labute approximate surface area is 279 Å². The molecule has 2 N–H and O–H groups in total. The van der Waals surface area contributed by atoms with Crippen molar-refractivity contribution in [2.45, 2.75) is 0 Å². The number of allylic oxidation sites excluding steroid dienone is 1. The predicted molar refractivity (Wildman–Crippen MR) is 188 cm³/mol. The standard InChI is InChI=1S/C40H34N2O6/c1-46-36-25-28(26-37(47-2)38(36)48-3)16-23-35(43)31-19-21-33(22-20-31)41-40(45)34(42-39(44)32-12-8-5-9-13-32)24-27-14-17-30(18-15-27)29-10-6-4-7-11-29/h4-26H,1-3H3,(H,41,45)(H,42,44)/b23-16+,34-24-. The average Bonchev–Trinajstić information content (AvgIpc) is 3.14. The number of hydrogen-bond donors (Lipinski definition) is 2. The van der Waals surface area contributed by atoms with Crippen molar-refractivity contribution in [2.24, 2.45) is 0 Å². The molecular weight excluding hydrogens is 604 g/mol. The van der Waals surface area contributed by atoms with Gasteiger partial charge in [0.25, 0.3) is 11.8 Å². The van der Waals surface area contributed by atoms with Crippen LogP contribution in [0.15, 0.2) is 133 Å². The van der Waals surface area contributed by atoms with Gasteiger partial charge in [-0.25, -0.2) is 0 Å². The lowest BCUT2D eigenvalue weighted by Crippen LogP contribution is -2.30. The van der Waals surface area contributed by atoms with Gasteiger partial charge in [-0.3, -0.25) is 14.4 Å². The molecule has 0 bridgehead atoms. The molecule has 48 heavy (non-hydrogen) atoms. The van der Waals surface area contributed by atoms with E-state index in [2.05, 4.69) is 10.6 Å². The quantitative estimate of drug-likeness (QED) is 0.107. The summed E-state index contributed by atoms with van der Waals surface area (Å²) in [6.45, 7) is 0. The molecule has 240 valence electrons. The number of nitrogens with one attached hydrogen (secondary N) is 2. The number of carbonyl (C=O) groups excluding carboxylic acids is 3. The van der Waals surface area contributed by atoms with E-state index < -0.39 is 11.8 Å². The molecular formula is C40H34N2O6. The van der Waals surface area contributed by atoms with E-state index in [4.69, 9.17) is 14.2 Å². The van der Waals surface area contributed by atoms with E-state index in [1.165, 1.54) is 27.4 Å². The largest absolute Gasteiger partial charge is 0.493 e. The van der Waals surface area contributed by atoms with Gasteiger partial charge in [-0.15, -0.1) is 0 Å². The number of anilines is 1. The van der Waals surface area contributed by atoms with Crippen LogP contribution in [-0.4, -0.2) is 38.9 Å². The van der Waals surface area contributed by atoms with Crippen LogP contribution in [0.25, 0.3) is 23.3 Å². The Bertz CT molecular complexity index is 1920. The first-order chi connectivity index (χ1) is 23.4. The fourth-order valence-corrected chi connectivity index (χ4v) is 4.89. The SMILES string of the molecule is COc1cc(/C=C/C(=O)c2ccc(NC(=O)/C(=C/c3ccc(-c4ccccc4)cc3)NC(=O)c3ccccc3)cc2)cc(OC)c1OC. The molecule has 5 aromatic rings. The third kappa shape index (κ3) is 8.24. The Balaban J connectivity index is 1.32. The van der Waals surface area contributed by atoms with Crippen LogP contribution in [0.2, 0.25) is 0 Å². The van der Waals surface area contributed by atoms with Crippen molar-refractivity contribution in [3.63, 3.8) is 0 Å². The molecule has 0 atom stereocenters. The van der Waals surface area contributed by atoms with Crippen molar-refractivity contribution in [3.05, 3.63) is 155 Å². The normalized spacial score (nSPS) is 11.1. The van der Waals surface area contributed by atoms with E-state index >= 15 is 0 Å². The van der Waals surface area contributed by atoms with Crippen LogP contribution in [0.4, 0.5) is 5.69 Å². The predicted octanol–water partition coefficient (Wildman–Crippen LogP) is 7.69. The summed E-state index contributed by atoms with van der Waals surface area (Å²) in [5.74, 6) is 0.227. The third-order valence-electron chi connectivity index (χ3n) is 7.40. The fourth-order valence-electron chi connectivity index (χ4n) is 4.89. The molecule has 0 aliphatic carbocycles. The summed E-state index contributed by atoms with van der Waals surface area (Å²) in [4.78, 5) is 39.5. The minimum Gasteiger partial charge on any atom is -0.493 e. The monoisotopic (exact) mass is 638 g/mol. The van der Waals surface area contributed by atoms with Crippen LogP contribution >= 0.6 is 0 Å². The zero-order chi connectivity index (χ0) is 33.9. The van der Waals surface area contributed by atoms with Gasteiger partial charge in [0.1, 0.15) is 5.70 Å². The van der Waals surface area contributed by atoms with E-state index in [0.29, 0.717) is 39.6 Å². The summed E-state index contributed by atoms with van der Waals surface area (Å²) in [6.07, 6.45) is 4.72. The smallest absolute Gasteiger partial charge is 0.272 e. The van der Waals surface area contributed by atoms with E-state index in [0.717, 1.165) is 16.7 Å². The van der Waals surface area contributed by atoms with Crippen LogP contribution in [0.1, 0.15) is 31.8 Å². The number of carbonyl (C=O) groups is 3. The summed E-state index contributed by atoms with van der Waals surface area (Å²) >= 11 is 0. The third-order valence-corrected chi connectivity index (χ3v) is 7.40. The van der Waals surface area contributed by atoms with Crippen LogP contribution in [-0.2, 0) is 4.79 Å². The molecule has 0 saturated carbocycles. The lowest BCUT2D eigenvalue weighted by molar-refractivity contribution is -0.113. The maximum Gasteiger partial charge on any atom is 0.272 e. The van der Waals surface area contributed by atoms with Crippen LogP contribution in [0, 0.1) is 0 Å². The van der Waals surface area contributed by atoms with E-state index in [9.17, 15) is 14.4 Å². The summed E-state index contributed by atoms with van der Waals surface area (Å²) in [5, 5.41) is 5.58. The average molecular weight is 639 g/mol. The first-order valence-corrected chi connectivity index (χ1v) is 15.1. The summed E-state index contributed by atoms with van der Waals surface area (Å²) in [5.41, 5.74) is 4.86. The van der Waals surface area contributed by atoms with Gasteiger partial charge in [-0.05, 0) is 82.9 Å². The maximum absolute atomic E-state index is 13.5. The number of methoxy groups -OCH3 is 3. The molecule has 0 aromatic heterocycles. The minimum atomic E-state index is -0.521. The molecule has 0 aliphatic rings. The van der Waals surface area contributed by atoms with Gasteiger partial charge < -0.3 is 24.8 Å². The number of hydrogen-bond acceptors (Lipinski definition) is 6. The van der Waals surface area contributed by atoms with Crippen molar-refractivity contribution in [2.75, 3.05) is 26.6 Å². The highest BCUT2D eigenvalue weighted by molar-refractivity contribution is 6.11. The van der Waals surface area contributed by atoms with Gasteiger partial charge in [-0.1, -0.05) is 78.9 Å². The number of amides is 2. The van der Waals surface area contributed by atoms with Gasteiger partial charge in [0.05, 0.1) is 21.3 Å². The second kappa shape index (κ2) is 15.7. The summed E-state index contributed by atoms with van der Waals surface area (Å²) in [6, 6.07) is 36.3. The second-order valence-corrected chi connectivity index (χ2v) is 10.6. The molecule has 0 radical (unpaired) electrons. The first-order valence-electron chi connectivity index (χ1n) is 15.1. The Morgan fingerprint density at radius 1 is 0.604 bits per heavy atom. The lowest BCUT2D eigenvalue weighted by Gasteiger charge is -2.12. The highest BCUT2D eigenvalue weighted by Gasteiger charge is 2.16. The molecule has 0 aliphatic heterocycles. The minimum absolute atomic E-state index is 0.0600. The van der Waals surface area contributed by atoms with Crippen LogP contribution < -0.4 is 24.8 Å². The first kappa shape index (κ1) is 33.0. The Morgan fingerprint density at radius 3 is 1.77 bits per heavy atom. The van der Waals surface area contributed by atoms with E-state index in [1.54, 1.807) is 72.8 Å². The molecule has 0 saturated heterocycles. The lowest BCUT2D eigenvalue weighted by atomic mass is 10.0. The van der Waals surface area contributed by atoms with Crippen molar-refractivity contribution < 1.29 is 28.6 Å². The highest BCUT2D eigenvalue weighted by atomic mass is 16.5. The van der Waals surface area contributed by atoms with Gasteiger partial charge in [0.2, 0.25) is 5.75 Å². The van der Waals surface area contributed by atoms with Crippen molar-refractivity contribution in [1.29, 1.82) is 0 Å². The summed E-state index contributed by atoms with van der Waals surface area (Å²) < 4.78 is 16.1. The van der Waals surface area contributed by atoms with Gasteiger partial charge in [-0.2, -0.15) is 0 Å². The molecule has 0 spiro atoms. The van der Waals surface area contributed by atoms with Crippen LogP contribution in [0.5, 0.6) is 17.2 Å². The number of ketones is 1. The highest BCUT2D eigenvalue weighted by Crippen LogP contribution is 2.38. The summed E-state index contributed by atoms with van der Waals surface area (Å²) in [7, 11) is 4.57. The molecule has 8 heteroatoms. The molecule has 8 nitrogen and oxygen atoms in total. The fraction of sp³-hybridized carbons (Fsp3) is 0.0750. The van der Waals surface area contributed by atoms with Crippen molar-refractivity contribution in [3.8, 4) is 28.4 Å². The van der Waals surface area contributed by atoms with E-state index in [1.807, 2.05) is 60.7 Å². The number of ether oxygens (including phenoxy) is 3. The zero-order valence-electron chi connectivity index (χ0n) is 26.7. The molecule has 5 aromatic carbocycles. The van der Waals surface area contributed by atoms with Crippen molar-refractivity contribution in [1.82, 2.24) is 5.32 Å². The molecule has 0 heterocycles. The second-order valence-electron chi connectivity index (χ2n) is 10.6. The number of rotatable bonds is 12. The van der Waals surface area contributed by atoms with Gasteiger partial charge in [0, 0.05) is 16.8 Å². The Hall–Kier alpha value is -6.41. The van der Waals surface area contributed by atoms with Gasteiger partial charge >= 0.3 is 0 Å². The Kier molecular flexibility index (Phi) is 10.8. The topological polar surface area (TPSA) is 103 Å².